The van der Waals surface area contributed by atoms with E-state index in [1.165, 1.54) is 19.5 Å². The lowest BCUT2D eigenvalue weighted by atomic mass is 10.2. The van der Waals surface area contributed by atoms with Crippen LogP contribution in [-0.2, 0) is 0 Å². The number of hydrogen-bond donors (Lipinski definition) is 4. The van der Waals surface area contributed by atoms with Crippen LogP contribution in [0.15, 0.2) is 18.5 Å². The molecule has 0 saturated heterocycles. The van der Waals surface area contributed by atoms with Crippen molar-refractivity contribution in [3.63, 3.8) is 0 Å². The number of fused-ring (bicyclic) bond motifs is 1. The van der Waals surface area contributed by atoms with Crippen LogP contribution < -0.4 is 21.1 Å². The highest BCUT2D eigenvalue weighted by Crippen LogP contribution is 2.31. The van der Waals surface area contributed by atoms with Crippen LogP contribution >= 0.6 is 11.6 Å². The number of aromatic amines is 1. The summed E-state index contributed by atoms with van der Waals surface area (Å²) in [6.45, 7) is 0. The summed E-state index contributed by atoms with van der Waals surface area (Å²) in [5.41, 5.74) is 5.86. The Labute approximate surface area is 139 Å². The van der Waals surface area contributed by atoms with Gasteiger partial charge in [-0.3, -0.25) is 10.4 Å². The molecule has 1 aromatic carbocycles. The van der Waals surface area contributed by atoms with Gasteiger partial charge < -0.3 is 15.8 Å². The second kappa shape index (κ2) is 6.16. The Hall–Kier alpha value is -3.14. The standard InChI is InChI=1S/C13H11ClFN7O2/c1-24-12-7-10(17-4-18-11(7)21-22-12)20-13(23)19-9-5(15)2-3-6(16)8(9)14/h2-4H,16H2,1H3,(H3,17,18,19,20,21,22,23). The Morgan fingerprint density at radius 2 is 2.17 bits per heavy atom. The van der Waals surface area contributed by atoms with E-state index in [9.17, 15) is 9.18 Å². The molecule has 0 atom stereocenters. The number of hydrogen-bond acceptors (Lipinski definition) is 6. The molecule has 2 heterocycles. The summed E-state index contributed by atoms with van der Waals surface area (Å²) in [5, 5.41) is 11.5. The minimum Gasteiger partial charge on any atom is -0.479 e. The highest BCUT2D eigenvalue weighted by Gasteiger charge is 2.17. The summed E-state index contributed by atoms with van der Waals surface area (Å²) in [7, 11) is 1.41. The largest absolute Gasteiger partial charge is 0.479 e. The Morgan fingerprint density at radius 3 is 2.92 bits per heavy atom. The number of nitrogens with zero attached hydrogens (tertiary/aromatic N) is 3. The molecular weight excluding hydrogens is 341 g/mol. The normalized spacial score (nSPS) is 10.6. The Morgan fingerprint density at radius 1 is 1.38 bits per heavy atom. The lowest BCUT2D eigenvalue weighted by molar-refractivity contribution is 0.262. The fraction of sp³-hybridized carbons (Fsp3) is 0.0769. The quantitative estimate of drug-likeness (QED) is 0.536. The van der Waals surface area contributed by atoms with Crippen molar-refractivity contribution in [2.24, 2.45) is 0 Å². The monoisotopic (exact) mass is 351 g/mol. The van der Waals surface area contributed by atoms with Gasteiger partial charge in [-0.05, 0) is 12.1 Å². The van der Waals surface area contributed by atoms with Gasteiger partial charge in [-0.2, -0.15) is 0 Å². The number of nitrogen functional groups attached to an aromatic ring is 1. The number of amides is 2. The number of nitrogens with two attached hydrogens (primary N) is 1. The molecule has 0 spiro atoms. The Kier molecular flexibility index (Phi) is 4.04. The second-order valence-electron chi connectivity index (χ2n) is 4.58. The van der Waals surface area contributed by atoms with Gasteiger partial charge in [0, 0.05) is 0 Å². The van der Waals surface area contributed by atoms with Crippen LogP contribution in [0, 0.1) is 5.82 Å². The van der Waals surface area contributed by atoms with Crippen molar-refractivity contribution in [3.05, 3.63) is 29.3 Å². The molecule has 0 saturated carbocycles. The molecule has 0 aliphatic rings. The molecule has 124 valence electrons. The SMILES string of the molecule is COc1n[nH]c2ncnc(NC(=O)Nc3c(F)ccc(N)c3Cl)c12. The molecule has 0 fully saturated rings. The van der Waals surface area contributed by atoms with Gasteiger partial charge in [0.25, 0.3) is 0 Å². The molecule has 3 rings (SSSR count). The van der Waals surface area contributed by atoms with E-state index in [2.05, 4.69) is 30.8 Å². The fourth-order valence-corrected chi connectivity index (χ4v) is 2.21. The zero-order chi connectivity index (χ0) is 17.3. The van der Waals surface area contributed by atoms with E-state index < -0.39 is 11.8 Å². The number of aromatic nitrogens is 4. The molecule has 2 amide bonds. The van der Waals surface area contributed by atoms with Gasteiger partial charge in [-0.25, -0.2) is 19.2 Å². The summed E-state index contributed by atoms with van der Waals surface area (Å²) in [5.74, 6) is -0.393. The maximum atomic E-state index is 13.8. The number of ether oxygens (including phenoxy) is 1. The number of urea groups is 1. The van der Waals surface area contributed by atoms with Gasteiger partial charge in [-0.15, -0.1) is 5.10 Å². The molecule has 9 nitrogen and oxygen atoms in total. The number of benzene rings is 1. The van der Waals surface area contributed by atoms with Gasteiger partial charge >= 0.3 is 6.03 Å². The summed E-state index contributed by atoms with van der Waals surface area (Å²) in [6.07, 6.45) is 1.23. The predicted molar refractivity (Wildman–Crippen MR) is 86.7 cm³/mol. The van der Waals surface area contributed by atoms with Crippen LogP contribution in [0.25, 0.3) is 11.0 Å². The molecule has 0 unspecified atom stereocenters. The summed E-state index contributed by atoms with van der Waals surface area (Å²) >= 11 is 5.90. The molecule has 5 N–H and O–H groups in total. The second-order valence-corrected chi connectivity index (χ2v) is 4.96. The van der Waals surface area contributed by atoms with Crippen molar-refractivity contribution in [3.8, 4) is 5.88 Å². The zero-order valence-corrected chi connectivity index (χ0v) is 13.0. The summed E-state index contributed by atoms with van der Waals surface area (Å²) in [4.78, 5) is 20.1. The first-order chi connectivity index (χ1) is 11.5. The maximum Gasteiger partial charge on any atom is 0.324 e. The molecule has 0 aliphatic carbocycles. The molecular formula is C13H11ClFN7O2. The third-order valence-electron chi connectivity index (χ3n) is 3.11. The van der Waals surface area contributed by atoms with Crippen LogP contribution in [0.4, 0.5) is 26.4 Å². The minimum atomic E-state index is -0.773. The van der Waals surface area contributed by atoms with E-state index in [1.54, 1.807) is 0 Å². The zero-order valence-electron chi connectivity index (χ0n) is 12.2. The molecule has 0 radical (unpaired) electrons. The van der Waals surface area contributed by atoms with E-state index in [-0.39, 0.29) is 28.1 Å². The highest BCUT2D eigenvalue weighted by atomic mass is 35.5. The number of halogens is 2. The first-order valence-electron chi connectivity index (χ1n) is 6.55. The lowest BCUT2D eigenvalue weighted by Gasteiger charge is -2.11. The van der Waals surface area contributed by atoms with E-state index in [0.717, 1.165) is 6.07 Å². The molecule has 0 aliphatic heterocycles. The first-order valence-corrected chi connectivity index (χ1v) is 6.93. The fourth-order valence-electron chi connectivity index (χ4n) is 2.01. The third kappa shape index (κ3) is 2.74. The number of anilines is 3. The number of rotatable bonds is 3. The average molecular weight is 352 g/mol. The molecule has 24 heavy (non-hydrogen) atoms. The van der Waals surface area contributed by atoms with Crippen molar-refractivity contribution in [2.45, 2.75) is 0 Å². The van der Waals surface area contributed by atoms with Crippen molar-refractivity contribution < 1.29 is 13.9 Å². The number of H-pyrrole nitrogens is 1. The molecule has 0 bridgehead atoms. The Balaban J connectivity index is 1.89. The Bertz CT molecular complexity index is 930. The third-order valence-corrected chi connectivity index (χ3v) is 3.52. The van der Waals surface area contributed by atoms with Crippen molar-refractivity contribution in [2.75, 3.05) is 23.5 Å². The van der Waals surface area contributed by atoms with Gasteiger partial charge in [0.15, 0.2) is 11.5 Å². The van der Waals surface area contributed by atoms with E-state index in [4.69, 9.17) is 22.1 Å². The summed E-state index contributed by atoms with van der Waals surface area (Å²) in [6, 6.07) is 1.62. The van der Waals surface area contributed by atoms with Crippen LogP contribution in [0.3, 0.4) is 0 Å². The number of carbonyl (C=O) groups is 1. The van der Waals surface area contributed by atoms with Crippen LogP contribution in [-0.4, -0.2) is 33.3 Å². The topological polar surface area (TPSA) is 131 Å². The van der Waals surface area contributed by atoms with Crippen molar-refractivity contribution in [1.82, 2.24) is 20.2 Å². The van der Waals surface area contributed by atoms with Gasteiger partial charge in [0.1, 0.15) is 17.5 Å². The first kappa shape index (κ1) is 15.7. The maximum absolute atomic E-state index is 13.8. The molecule has 2 aromatic heterocycles. The lowest BCUT2D eigenvalue weighted by Crippen LogP contribution is -2.21. The van der Waals surface area contributed by atoms with E-state index >= 15 is 0 Å². The van der Waals surface area contributed by atoms with E-state index in [0.29, 0.717) is 11.0 Å². The molecule has 11 heteroatoms. The van der Waals surface area contributed by atoms with Gasteiger partial charge in [0.2, 0.25) is 5.88 Å². The summed E-state index contributed by atoms with van der Waals surface area (Å²) < 4.78 is 18.9. The van der Waals surface area contributed by atoms with Gasteiger partial charge in [0.05, 0.1) is 23.5 Å². The number of methoxy groups -OCH3 is 1. The van der Waals surface area contributed by atoms with E-state index in [1.807, 2.05) is 0 Å². The number of carbonyl (C=O) groups excluding carboxylic acids is 1. The van der Waals surface area contributed by atoms with Crippen LogP contribution in [0.1, 0.15) is 0 Å². The predicted octanol–water partition coefficient (Wildman–Crippen LogP) is 2.38. The smallest absolute Gasteiger partial charge is 0.324 e. The van der Waals surface area contributed by atoms with Crippen molar-refractivity contribution in [1.29, 1.82) is 0 Å². The average Bonchev–Trinajstić information content (AvgIpc) is 2.99. The van der Waals surface area contributed by atoms with Crippen LogP contribution in [0.2, 0.25) is 5.02 Å². The minimum absolute atomic E-state index is 0.0983. The number of nitrogens with one attached hydrogen (secondary N) is 3. The molecule has 3 aromatic rings. The highest BCUT2D eigenvalue weighted by molar-refractivity contribution is 6.36. The van der Waals surface area contributed by atoms with Gasteiger partial charge in [-0.1, -0.05) is 11.6 Å². The van der Waals surface area contributed by atoms with Crippen LogP contribution in [0.5, 0.6) is 5.88 Å². The van der Waals surface area contributed by atoms with Crippen molar-refractivity contribution >= 4 is 45.9 Å².